The fourth-order valence-electron chi connectivity index (χ4n) is 2.41. The van der Waals surface area contributed by atoms with Gasteiger partial charge in [0.05, 0.1) is 12.8 Å². The van der Waals surface area contributed by atoms with E-state index in [4.69, 9.17) is 0 Å². The number of pyridine rings is 1. The molecule has 0 atom stereocenters. The SMILES string of the molecule is C=C(Br)/C=N\N(C)C(C=C(NC)c1cc(F)ccc1C)=NCc1cccnc1. The third kappa shape index (κ3) is 6.42. The van der Waals surface area contributed by atoms with E-state index in [1.54, 1.807) is 43.8 Å². The molecule has 28 heavy (non-hydrogen) atoms. The van der Waals surface area contributed by atoms with Gasteiger partial charge in [0, 0.05) is 48.3 Å². The Morgan fingerprint density at radius 3 is 2.82 bits per heavy atom. The largest absolute Gasteiger partial charge is 0.388 e. The quantitative estimate of drug-likeness (QED) is 0.388. The first kappa shape index (κ1) is 21.5. The molecule has 0 amide bonds. The third-order valence-electron chi connectivity index (χ3n) is 3.88. The molecule has 0 unspecified atom stereocenters. The minimum Gasteiger partial charge on any atom is -0.388 e. The van der Waals surface area contributed by atoms with Crippen LogP contribution in [0.1, 0.15) is 16.7 Å². The molecule has 0 saturated carbocycles. The van der Waals surface area contributed by atoms with E-state index in [1.807, 2.05) is 25.1 Å². The number of aryl methyl sites for hydroxylation is 1. The normalized spacial score (nSPS) is 12.3. The molecule has 1 aromatic heterocycles. The maximum Gasteiger partial charge on any atom is 0.146 e. The number of likely N-dealkylation sites (N-methyl/N-ethyl adjacent to an activating group) is 1. The predicted octanol–water partition coefficient (Wildman–Crippen LogP) is 4.51. The van der Waals surface area contributed by atoms with E-state index in [1.165, 1.54) is 12.1 Å². The Kier molecular flexibility index (Phi) is 8.07. The Morgan fingerprint density at radius 2 is 2.18 bits per heavy atom. The van der Waals surface area contributed by atoms with Gasteiger partial charge in [0.25, 0.3) is 0 Å². The maximum absolute atomic E-state index is 13.8. The number of aromatic nitrogens is 1. The summed E-state index contributed by atoms with van der Waals surface area (Å²) in [5, 5.41) is 9.09. The van der Waals surface area contributed by atoms with Gasteiger partial charge in [-0.1, -0.05) is 18.7 Å². The Balaban J connectivity index is 2.44. The summed E-state index contributed by atoms with van der Waals surface area (Å²) in [5.74, 6) is 0.305. The summed E-state index contributed by atoms with van der Waals surface area (Å²) in [6, 6.07) is 8.52. The molecule has 146 valence electrons. The highest BCUT2D eigenvalue weighted by Gasteiger charge is 2.10. The standard InChI is InChI=1S/C21H23BrFN5/c1-15-7-8-18(23)10-19(15)20(24-3)11-21(28(4)27-12-16(2)22)26-14-17-6-5-9-25-13-17/h5-13,24H,2,14H2,1,3-4H3/b20-11?,26-21?,27-12-. The Labute approximate surface area is 173 Å². The molecule has 1 aromatic carbocycles. The van der Waals surface area contributed by atoms with Gasteiger partial charge in [-0.05, 0) is 52.2 Å². The van der Waals surface area contributed by atoms with Crippen LogP contribution in [-0.4, -0.2) is 36.1 Å². The third-order valence-corrected chi connectivity index (χ3v) is 4.09. The van der Waals surface area contributed by atoms with E-state index in [9.17, 15) is 4.39 Å². The fraction of sp³-hybridized carbons (Fsp3) is 0.190. The molecule has 1 heterocycles. The number of amidine groups is 1. The zero-order valence-corrected chi connectivity index (χ0v) is 17.7. The first-order chi connectivity index (χ1) is 13.4. The molecule has 0 aliphatic heterocycles. The number of benzene rings is 1. The maximum atomic E-state index is 13.8. The molecule has 0 aliphatic rings. The molecular formula is C21H23BrFN5. The zero-order chi connectivity index (χ0) is 20.5. The highest BCUT2D eigenvalue weighted by atomic mass is 79.9. The van der Waals surface area contributed by atoms with Crippen molar-refractivity contribution in [2.24, 2.45) is 10.1 Å². The zero-order valence-electron chi connectivity index (χ0n) is 16.2. The molecule has 1 N–H and O–H groups in total. The molecule has 5 nitrogen and oxygen atoms in total. The van der Waals surface area contributed by atoms with Crippen LogP contribution in [0.3, 0.4) is 0 Å². The lowest BCUT2D eigenvalue weighted by atomic mass is 10.0. The molecule has 0 spiro atoms. The minimum atomic E-state index is -0.294. The van der Waals surface area contributed by atoms with Gasteiger partial charge in [-0.3, -0.25) is 15.0 Å². The van der Waals surface area contributed by atoms with Crippen molar-refractivity contribution >= 4 is 33.7 Å². The monoisotopic (exact) mass is 443 g/mol. The average molecular weight is 444 g/mol. The number of hydrogen-bond acceptors (Lipinski definition) is 4. The summed E-state index contributed by atoms with van der Waals surface area (Å²) in [5.41, 5.74) is 3.43. The summed E-state index contributed by atoms with van der Waals surface area (Å²) >= 11 is 3.26. The van der Waals surface area contributed by atoms with Gasteiger partial charge < -0.3 is 5.32 Å². The van der Waals surface area contributed by atoms with Gasteiger partial charge in [0.15, 0.2) is 0 Å². The number of halogens is 2. The van der Waals surface area contributed by atoms with E-state index in [-0.39, 0.29) is 5.82 Å². The second kappa shape index (κ2) is 10.5. The van der Waals surface area contributed by atoms with Crippen molar-refractivity contribution in [1.29, 1.82) is 0 Å². The van der Waals surface area contributed by atoms with Crippen molar-refractivity contribution in [3.63, 3.8) is 0 Å². The van der Waals surface area contributed by atoms with E-state index in [0.717, 1.165) is 22.4 Å². The van der Waals surface area contributed by atoms with Crippen LogP contribution >= 0.6 is 15.9 Å². The summed E-state index contributed by atoms with van der Waals surface area (Å²) in [7, 11) is 3.58. The van der Waals surface area contributed by atoms with Crippen LogP contribution in [0.4, 0.5) is 4.39 Å². The van der Waals surface area contributed by atoms with E-state index in [2.05, 4.69) is 42.9 Å². The highest BCUT2D eigenvalue weighted by molar-refractivity contribution is 9.12. The molecular weight excluding hydrogens is 421 g/mol. The van der Waals surface area contributed by atoms with Crippen molar-refractivity contribution in [1.82, 2.24) is 15.3 Å². The predicted molar refractivity (Wildman–Crippen MR) is 118 cm³/mol. The summed E-state index contributed by atoms with van der Waals surface area (Å²) in [6.45, 7) is 6.12. The number of hydrogen-bond donors (Lipinski definition) is 1. The number of rotatable bonds is 7. The molecule has 2 rings (SSSR count). The second-order valence-electron chi connectivity index (χ2n) is 6.02. The van der Waals surface area contributed by atoms with Crippen LogP contribution in [-0.2, 0) is 6.54 Å². The van der Waals surface area contributed by atoms with Crippen LogP contribution < -0.4 is 5.32 Å². The van der Waals surface area contributed by atoms with Crippen molar-refractivity contribution < 1.29 is 4.39 Å². The summed E-state index contributed by atoms with van der Waals surface area (Å²) in [6.07, 6.45) is 6.91. The Hall–Kier alpha value is -2.80. The number of aliphatic imine (C=N–C) groups is 1. The topological polar surface area (TPSA) is 52.9 Å². The van der Waals surface area contributed by atoms with Crippen molar-refractivity contribution in [2.45, 2.75) is 13.5 Å². The molecule has 0 fully saturated rings. The van der Waals surface area contributed by atoms with Crippen molar-refractivity contribution in [3.8, 4) is 0 Å². The van der Waals surface area contributed by atoms with Gasteiger partial charge >= 0.3 is 0 Å². The van der Waals surface area contributed by atoms with Crippen LogP contribution in [0.5, 0.6) is 0 Å². The summed E-state index contributed by atoms with van der Waals surface area (Å²) < 4.78 is 14.4. The van der Waals surface area contributed by atoms with Crippen LogP contribution in [0.2, 0.25) is 0 Å². The number of hydrazone groups is 1. The first-order valence-corrected chi connectivity index (χ1v) is 9.41. The van der Waals surface area contributed by atoms with Gasteiger partial charge in [0.2, 0.25) is 0 Å². The lowest BCUT2D eigenvalue weighted by Gasteiger charge is -2.16. The van der Waals surface area contributed by atoms with Crippen LogP contribution in [0.25, 0.3) is 5.70 Å². The number of nitrogens with one attached hydrogen (secondary N) is 1. The molecule has 0 aliphatic carbocycles. The van der Waals surface area contributed by atoms with Gasteiger partial charge in [-0.15, -0.1) is 0 Å². The molecule has 7 heteroatoms. The first-order valence-electron chi connectivity index (χ1n) is 8.62. The number of nitrogens with zero attached hydrogens (tertiary/aromatic N) is 4. The molecule has 0 saturated heterocycles. The van der Waals surface area contributed by atoms with Crippen molar-refractivity contribution in [2.75, 3.05) is 14.1 Å². The smallest absolute Gasteiger partial charge is 0.146 e. The van der Waals surface area contributed by atoms with Gasteiger partial charge in [-0.2, -0.15) is 5.10 Å². The van der Waals surface area contributed by atoms with Gasteiger partial charge in [0.1, 0.15) is 11.7 Å². The lowest BCUT2D eigenvalue weighted by molar-refractivity contribution is 0.547. The highest BCUT2D eigenvalue weighted by Crippen LogP contribution is 2.18. The fourth-order valence-corrected chi connectivity index (χ4v) is 2.50. The molecule has 0 bridgehead atoms. The molecule has 0 radical (unpaired) electrons. The van der Waals surface area contributed by atoms with Crippen molar-refractivity contribution in [3.05, 3.63) is 82.4 Å². The van der Waals surface area contributed by atoms with E-state index in [0.29, 0.717) is 16.9 Å². The van der Waals surface area contributed by atoms with E-state index >= 15 is 0 Å². The summed E-state index contributed by atoms with van der Waals surface area (Å²) in [4.78, 5) is 8.78. The minimum absolute atomic E-state index is 0.294. The lowest BCUT2D eigenvalue weighted by Crippen LogP contribution is -2.22. The Bertz CT molecular complexity index is 906. The Morgan fingerprint density at radius 1 is 1.39 bits per heavy atom. The average Bonchev–Trinajstić information content (AvgIpc) is 2.69. The van der Waals surface area contributed by atoms with E-state index < -0.39 is 0 Å². The second-order valence-corrected chi connectivity index (χ2v) is 7.04. The number of allylic oxidation sites excluding steroid dienone is 1. The molecule has 2 aromatic rings. The van der Waals surface area contributed by atoms with Gasteiger partial charge in [-0.25, -0.2) is 4.39 Å². The van der Waals surface area contributed by atoms with Crippen LogP contribution in [0.15, 0.2) is 70.0 Å². The van der Waals surface area contributed by atoms with Crippen LogP contribution in [0, 0.1) is 12.7 Å².